The van der Waals surface area contributed by atoms with Gasteiger partial charge in [-0.05, 0) is 66.4 Å². The summed E-state index contributed by atoms with van der Waals surface area (Å²) in [5.41, 5.74) is 2.59. The van der Waals surface area contributed by atoms with E-state index in [-0.39, 0.29) is 17.9 Å². The van der Waals surface area contributed by atoms with Gasteiger partial charge in [-0.25, -0.2) is 0 Å². The molecule has 1 aromatic heterocycles. The number of hydrogen-bond acceptors (Lipinski definition) is 7. The van der Waals surface area contributed by atoms with E-state index in [1.54, 1.807) is 54.9 Å². The predicted octanol–water partition coefficient (Wildman–Crippen LogP) is 4.82. The van der Waals surface area contributed by atoms with E-state index in [1.807, 2.05) is 19.9 Å². The first kappa shape index (κ1) is 25.8. The topological polar surface area (TPSA) is 98.2 Å². The first-order valence-corrected chi connectivity index (χ1v) is 12.0. The molecule has 0 radical (unpaired) electrons. The molecule has 1 saturated heterocycles. The van der Waals surface area contributed by atoms with Gasteiger partial charge >= 0.3 is 0 Å². The molecule has 1 atom stereocenters. The van der Waals surface area contributed by atoms with Crippen LogP contribution in [0, 0.1) is 6.92 Å². The van der Waals surface area contributed by atoms with Gasteiger partial charge in [-0.2, -0.15) is 0 Å². The Balaban J connectivity index is 1.85. The molecule has 1 fully saturated rings. The Morgan fingerprint density at radius 2 is 1.78 bits per heavy atom. The van der Waals surface area contributed by atoms with Gasteiger partial charge in [0.05, 0.1) is 32.4 Å². The van der Waals surface area contributed by atoms with Crippen LogP contribution < -0.4 is 14.2 Å². The van der Waals surface area contributed by atoms with Gasteiger partial charge < -0.3 is 24.2 Å². The smallest absolute Gasteiger partial charge is 0.295 e. The molecule has 0 bridgehead atoms. The zero-order valence-corrected chi connectivity index (χ0v) is 21.4. The summed E-state index contributed by atoms with van der Waals surface area (Å²) < 4.78 is 16.6. The van der Waals surface area contributed by atoms with E-state index in [0.29, 0.717) is 35.0 Å². The quantitative estimate of drug-likeness (QED) is 0.255. The second-order valence-electron chi connectivity index (χ2n) is 8.73. The van der Waals surface area contributed by atoms with Crippen molar-refractivity contribution in [3.63, 3.8) is 0 Å². The number of rotatable bonds is 9. The van der Waals surface area contributed by atoms with E-state index in [1.165, 1.54) is 19.1 Å². The number of ketones is 1. The van der Waals surface area contributed by atoms with Crippen LogP contribution in [0.25, 0.3) is 5.76 Å². The predicted molar refractivity (Wildman–Crippen MR) is 139 cm³/mol. The van der Waals surface area contributed by atoms with Crippen LogP contribution in [-0.2, 0) is 16.1 Å². The monoisotopic (exact) mass is 502 g/mol. The van der Waals surface area contributed by atoms with Crippen molar-refractivity contribution in [1.29, 1.82) is 0 Å². The van der Waals surface area contributed by atoms with Crippen molar-refractivity contribution in [3.05, 3.63) is 88.8 Å². The number of aliphatic hydroxyl groups excluding tert-OH is 1. The van der Waals surface area contributed by atoms with Crippen molar-refractivity contribution in [2.24, 2.45) is 0 Å². The Morgan fingerprint density at radius 3 is 2.43 bits per heavy atom. The maximum atomic E-state index is 13.4. The molecule has 0 unspecified atom stereocenters. The van der Waals surface area contributed by atoms with Gasteiger partial charge in [0.1, 0.15) is 11.5 Å². The molecule has 1 aliphatic heterocycles. The van der Waals surface area contributed by atoms with Gasteiger partial charge in [-0.1, -0.05) is 19.1 Å². The number of ether oxygens (including phenoxy) is 3. The van der Waals surface area contributed by atoms with Crippen molar-refractivity contribution in [2.75, 3.05) is 20.8 Å². The van der Waals surface area contributed by atoms with Gasteiger partial charge in [0.2, 0.25) is 0 Å². The van der Waals surface area contributed by atoms with Crippen molar-refractivity contribution in [1.82, 2.24) is 9.88 Å². The Hall–Kier alpha value is -4.33. The molecule has 2 heterocycles. The van der Waals surface area contributed by atoms with Crippen LogP contribution in [0.15, 0.2) is 66.5 Å². The maximum absolute atomic E-state index is 13.4. The van der Waals surface area contributed by atoms with Crippen LogP contribution in [0.5, 0.6) is 17.2 Å². The molecule has 3 aromatic rings. The molecular weight excluding hydrogens is 472 g/mol. The third-order valence-electron chi connectivity index (χ3n) is 6.25. The third kappa shape index (κ3) is 5.14. The Labute approximate surface area is 216 Å². The lowest BCUT2D eigenvalue weighted by molar-refractivity contribution is -0.140. The van der Waals surface area contributed by atoms with Crippen molar-refractivity contribution in [2.45, 2.75) is 32.9 Å². The lowest BCUT2D eigenvalue weighted by Gasteiger charge is -2.26. The highest BCUT2D eigenvalue weighted by Crippen LogP contribution is 2.43. The number of amides is 1. The highest BCUT2D eigenvalue weighted by Gasteiger charge is 2.46. The van der Waals surface area contributed by atoms with E-state index in [9.17, 15) is 14.7 Å². The number of Topliss-reactive ketones (excluding diaryl/α,β-unsaturated/α-hetero) is 1. The van der Waals surface area contributed by atoms with Gasteiger partial charge in [-0.15, -0.1) is 0 Å². The van der Waals surface area contributed by atoms with Gasteiger partial charge in [-0.3, -0.25) is 14.6 Å². The number of pyridine rings is 1. The largest absolute Gasteiger partial charge is 0.507 e. The van der Waals surface area contributed by atoms with Crippen molar-refractivity contribution in [3.8, 4) is 17.2 Å². The first-order chi connectivity index (χ1) is 17.9. The number of benzene rings is 2. The minimum absolute atomic E-state index is 0.00253. The number of methoxy groups -OCH3 is 2. The highest BCUT2D eigenvalue weighted by atomic mass is 16.5. The average molecular weight is 503 g/mol. The van der Waals surface area contributed by atoms with Gasteiger partial charge in [0.15, 0.2) is 11.5 Å². The minimum atomic E-state index is -0.851. The lowest BCUT2D eigenvalue weighted by atomic mass is 9.94. The van der Waals surface area contributed by atoms with Gasteiger partial charge in [0, 0.05) is 24.5 Å². The normalized spacial score (nSPS) is 16.6. The fourth-order valence-electron chi connectivity index (χ4n) is 4.43. The van der Waals surface area contributed by atoms with Crippen LogP contribution in [0.1, 0.15) is 41.6 Å². The number of carbonyl (C=O) groups excluding carboxylic acids is 2. The summed E-state index contributed by atoms with van der Waals surface area (Å²) >= 11 is 0. The molecule has 2 aromatic carbocycles. The summed E-state index contributed by atoms with van der Waals surface area (Å²) in [6.45, 7) is 4.60. The molecule has 1 N–H and O–H groups in total. The number of aromatic nitrogens is 1. The summed E-state index contributed by atoms with van der Waals surface area (Å²) in [5.74, 6) is -0.0623. The fourth-order valence-corrected chi connectivity index (χ4v) is 4.43. The standard InChI is InChI=1S/C29H30N2O6/c1-5-13-37-22-10-9-21(14-18(22)2)27(32)25-26(20-8-11-23(35-3)24(15-20)36-4)31(29(34)28(25)33)17-19-7-6-12-30-16-19/h6-12,14-16,26,32H,5,13,17H2,1-4H3/t26-/m1/s1. The Bertz CT molecular complexity index is 1340. The molecule has 1 aliphatic rings. The second-order valence-corrected chi connectivity index (χ2v) is 8.73. The Kier molecular flexibility index (Phi) is 7.77. The van der Waals surface area contributed by atoms with E-state index in [4.69, 9.17) is 14.2 Å². The zero-order chi connectivity index (χ0) is 26.5. The first-order valence-electron chi connectivity index (χ1n) is 12.0. The van der Waals surface area contributed by atoms with Crippen LogP contribution in [-0.4, -0.2) is 47.5 Å². The van der Waals surface area contributed by atoms with E-state index >= 15 is 0 Å². The van der Waals surface area contributed by atoms with Crippen LogP contribution in [0.3, 0.4) is 0 Å². The maximum Gasteiger partial charge on any atom is 0.295 e. The van der Waals surface area contributed by atoms with Crippen molar-refractivity contribution < 1.29 is 28.9 Å². The van der Waals surface area contributed by atoms with E-state index in [2.05, 4.69) is 4.98 Å². The molecule has 0 saturated carbocycles. The number of likely N-dealkylation sites (tertiary alicyclic amines) is 1. The minimum Gasteiger partial charge on any atom is -0.507 e. The Morgan fingerprint density at radius 1 is 1.03 bits per heavy atom. The zero-order valence-electron chi connectivity index (χ0n) is 21.4. The molecule has 37 heavy (non-hydrogen) atoms. The second kappa shape index (κ2) is 11.2. The van der Waals surface area contributed by atoms with E-state index < -0.39 is 17.7 Å². The molecule has 0 spiro atoms. The number of hydrogen-bond donors (Lipinski definition) is 1. The van der Waals surface area contributed by atoms with Gasteiger partial charge in [0.25, 0.3) is 11.7 Å². The summed E-state index contributed by atoms with van der Waals surface area (Å²) in [6.07, 6.45) is 4.15. The average Bonchev–Trinajstić information content (AvgIpc) is 3.17. The molecule has 0 aliphatic carbocycles. The molecule has 192 valence electrons. The van der Waals surface area contributed by atoms with E-state index in [0.717, 1.165) is 17.5 Å². The summed E-state index contributed by atoms with van der Waals surface area (Å²) in [5, 5.41) is 11.4. The number of aliphatic hydroxyl groups is 1. The fraction of sp³-hybridized carbons (Fsp3) is 0.276. The summed E-state index contributed by atoms with van der Waals surface area (Å²) in [7, 11) is 3.04. The number of carbonyl (C=O) groups is 2. The number of nitrogens with zero attached hydrogens (tertiary/aromatic N) is 2. The third-order valence-corrected chi connectivity index (χ3v) is 6.25. The SMILES string of the molecule is CCCOc1ccc(C(O)=C2C(=O)C(=O)N(Cc3cccnc3)[C@@H]2c2ccc(OC)c(OC)c2)cc1C. The van der Waals surface area contributed by atoms with Crippen LogP contribution in [0.2, 0.25) is 0 Å². The summed E-state index contributed by atoms with van der Waals surface area (Å²) in [6, 6.07) is 13.1. The molecule has 8 nitrogen and oxygen atoms in total. The highest BCUT2D eigenvalue weighted by molar-refractivity contribution is 6.46. The number of aryl methyl sites for hydroxylation is 1. The van der Waals surface area contributed by atoms with Crippen molar-refractivity contribution >= 4 is 17.4 Å². The molecular formula is C29H30N2O6. The van der Waals surface area contributed by atoms with Crippen LogP contribution in [0.4, 0.5) is 0 Å². The summed E-state index contributed by atoms with van der Waals surface area (Å²) in [4.78, 5) is 32.2. The molecule has 1 amide bonds. The molecule has 8 heteroatoms. The molecule has 4 rings (SSSR count). The lowest BCUT2D eigenvalue weighted by Crippen LogP contribution is -2.29. The van der Waals surface area contributed by atoms with Crippen LogP contribution >= 0.6 is 0 Å².